The van der Waals surface area contributed by atoms with Crippen molar-refractivity contribution in [3.8, 4) is 16.9 Å². The molecule has 0 spiro atoms. The molecule has 3 aromatic rings. The van der Waals surface area contributed by atoms with Gasteiger partial charge in [0.05, 0.1) is 13.4 Å². The van der Waals surface area contributed by atoms with Gasteiger partial charge in [0.15, 0.2) is 0 Å². The summed E-state index contributed by atoms with van der Waals surface area (Å²) in [5, 5.41) is 0. The third-order valence-corrected chi connectivity index (χ3v) is 6.65. The molecule has 0 radical (unpaired) electrons. The summed E-state index contributed by atoms with van der Waals surface area (Å²) in [5.41, 5.74) is 4.82. The lowest BCUT2D eigenvalue weighted by atomic mass is 9.81. The van der Waals surface area contributed by atoms with Crippen LogP contribution in [0.25, 0.3) is 11.1 Å². The first-order valence-corrected chi connectivity index (χ1v) is 13.8. The molecule has 0 fully saturated rings. The van der Waals surface area contributed by atoms with E-state index in [-0.39, 0.29) is 16.9 Å². The number of anilines is 1. The first-order chi connectivity index (χ1) is 16.8. The number of ether oxygens (including phenoxy) is 1. The van der Waals surface area contributed by atoms with Crippen LogP contribution in [0.2, 0.25) is 0 Å². The van der Waals surface area contributed by atoms with E-state index < -0.39 is 10.0 Å². The second-order valence-electron chi connectivity index (χ2n) is 10.5. The predicted octanol–water partition coefficient (Wildman–Crippen LogP) is 4.61. The van der Waals surface area contributed by atoms with Gasteiger partial charge in [0.25, 0.3) is 5.56 Å². The number of nitrogens with zero attached hydrogens (tertiary/aromatic N) is 1. The summed E-state index contributed by atoms with van der Waals surface area (Å²) >= 11 is 0. The average Bonchev–Trinajstić information content (AvgIpc) is 2.77. The number of likely N-dealkylation sites (N-methyl/N-ethyl adjacent to an activating group) is 1. The van der Waals surface area contributed by atoms with E-state index in [9.17, 15) is 13.2 Å². The second-order valence-corrected chi connectivity index (χ2v) is 12.3. The van der Waals surface area contributed by atoms with Crippen LogP contribution in [-0.2, 0) is 21.9 Å². The summed E-state index contributed by atoms with van der Waals surface area (Å²) in [7, 11) is 2.41. The van der Waals surface area contributed by atoms with Crippen LogP contribution in [-0.4, -0.2) is 52.3 Å². The van der Waals surface area contributed by atoms with Gasteiger partial charge in [-0.3, -0.25) is 9.52 Å². The van der Waals surface area contributed by atoms with Gasteiger partial charge in [-0.05, 0) is 79.0 Å². The molecule has 0 amide bonds. The predicted molar refractivity (Wildman–Crippen MR) is 148 cm³/mol. The minimum Gasteiger partial charge on any atom is -0.496 e. The zero-order chi connectivity index (χ0) is 26.7. The van der Waals surface area contributed by atoms with Gasteiger partial charge in [-0.1, -0.05) is 32.9 Å². The van der Waals surface area contributed by atoms with E-state index in [2.05, 4.69) is 47.5 Å². The third-order valence-electron chi connectivity index (χ3n) is 6.04. The summed E-state index contributed by atoms with van der Waals surface area (Å²) in [6, 6.07) is 15.3. The van der Waals surface area contributed by atoms with E-state index >= 15 is 0 Å². The van der Waals surface area contributed by atoms with Crippen molar-refractivity contribution >= 4 is 15.7 Å². The van der Waals surface area contributed by atoms with Crippen molar-refractivity contribution in [1.29, 1.82) is 0 Å². The number of sulfonamides is 1. The van der Waals surface area contributed by atoms with Crippen LogP contribution in [0, 0.1) is 0 Å². The third kappa shape index (κ3) is 6.98. The summed E-state index contributed by atoms with van der Waals surface area (Å²) in [5.74, 6) is 0.941. The van der Waals surface area contributed by atoms with Gasteiger partial charge in [0.2, 0.25) is 10.0 Å². The smallest absolute Gasteiger partial charge is 0.255 e. The fourth-order valence-corrected chi connectivity index (χ4v) is 5.04. The molecule has 0 saturated heterocycles. The number of benzene rings is 2. The Bertz CT molecular complexity index is 1350. The van der Waals surface area contributed by atoms with Crippen LogP contribution in [0.4, 0.5) is 5.69 Å². The topological polar surface area (TPSA) is 91.5 Å². The molecule has 3 rings (SSSR count). The van der Waals surface area contributed by atoms with Gasteiger partial charge in [-0.2, -0.15) is 0 Å². The number of aromatic nitrogens is 1. The van der Waals surface area contributed by atoms with Gasteiger partial charge < -0.3 is 14.6 Å². The van der Waals surface area contributed by atoms with Crippen molar-refractivity contribution in [2.24, 2.45) is 0 Å². The largest absolute Gasteiger partial charge is 0.496 e. The molecular weight excluding hydrogens is 474 g/mol. The molecule has 2 aromatic carbocycles. The van der Waals surface area contributed by atoms with Crippen LogP contribution in [0.15, 0.2) is 59.5 Å². The van der Waals surface area contributed by atoms with Crippen LogP contribution in [0.1, 0.15) is 43.4 Å². The highest BCUT2D eigenvalue weighted by atomic mass is 32.2. The van der Waals surface area contributed by atoms with Gasteiger partial charge in [0, 0.05) is 35.5 Å². The van der Waals surface area contributed by atoms with Crippen molar-refractivity contribution in [3.05, 3.63) is 81.8 Å². The van der Waals surface area contributed by atoms with E-state index in [1.54, 1.807) is 25.4 Å². The summed E-state index contributed by atoms with van der Waals surface area (Å²) in [6.07, 6.45) is 3.46. The van der Waals surface area contributed by atoms with Gasteiger partial charge in [0.1, 0.15) is 5.75 Å². The number of hydrogen-bond acceptors (Lipinski definition) is 5. The number of H-pyrrole nitrogens is 1. The normalized spacial score (nSPS) is 13.0. The Morgan fingerprint density at radius 1 is 1.08 bits per heavy atom. The number of aromatic amines is 1. The maximum atomic E-state index is 12.6. The zero-order valence-electron chi connectivity index (χ0n) is 22.2. The lowest BCUT2D eigenvalue weighted by molar-refractivity contribution is 0.363. The Hall–Kier alpha value is -3.10. The van der Waals surface area contributed by atoms with Crippen LogP contribution >= 0.6 is 0 Å². The highest BCUT2D eigenvalue weighted by Crippen LogP contribution is 2.39. The van der Waals surface area contributed by atoms with Crippen molar-refractivity contribution in [1.82, 2.24) is 9.88 Å². The molecule has 1 aromatic heterocycles. The molecule has 0 saturated carbocycles. The van der Waals surface area contributed by atoms with Crippen LogP contribution in [0.5, 0.6) is 5.75 Å². The van der Waals surface area contributed by atoms with Gasteiger partial charge in [-0.25, -0.2) is 8.42 Å². The number of hydrogen-bond donors (Lipinski definition) is 2. The second kappa shape index (κ2) is 10.9. The number of methoxy groups -OCH3 is 1. The molecule has 1 heterocycles. The van der Waals surface area contributed by atoms with Crippen LogP contribution in [0.3, 0.4) is 0 Å². The molecule has 0 aliphatic carbocycles. The fraction of sp³-hybridized carbons (Fsp3) is 0.393. The molecule has 0 aliphatic heterocycles. The minimum atomic E-state index is -3.34. The molecule has 2 N–H and O–H groups in total. The lowest BCUT2D eigenvalue weighted by Gasteiger charge is -2.28. The Labute approximate surface area is 214 Å². The summed E-state index contributed by atoms with van der Waals surface area (Å²) < 4.78 is 31.7. The Kier molecular flexibility index (Phi) is 8.31. The van der Waals surface area contributed by atoms with Crippen molar-refractivity contribution in [3.63, 3.8) is 0 Å². The van der Waals surface area contributed by atoms with Gasteiger partial charge >= 0.3 is 0 Å². The van der Waals surface area contributed by atoms with E-state index in [1.165, 1.54) is 0 Å². The fourth-order valence-electron chi connectivity index (χ4n) is 4.47. The minimum absolute atomic E-state index is 0.110. The Balaban J connectivity index is 2.12. The molecular formula is C28H37N3O4S. The van der Waals surface area contributed by atoms with Crippen molar-refractivity contribution in [2.45, 2.75) is 38.5 Å². The SMILES string of the molecule is COc1c(CC(CN(C)C)c2ccc(NS(C)(=O)=O)cc2)cc(-c2ccc[nH]c2=O)cc1C(C)(C)C. The Morgan fingerprint density at radius 3 is 2.28 bits per heavy atom. The molecule has 0 bridgehead atoms. The van der Waals surface area contributed by atoms with E-state index in [1.807, 2.05) is 38.4 Å². The molecule has 1 unspecified atom stereocenters. The molecule has 0 aliphatic rings. The quantitative estimate of drug-likeness (QED) is 0.438. The number of pyridine rings is 1. The monoisotopic (exact) mass is 511 g/mol. The van der Waals surface area contributed by atoms with Gasteiger partial charge in [-0.15, -0.1) is 0 Å². The lowest BCUT2D eigenvalue weighted by Crippen LogP contribution is -2.23. The standard InChI is InChI=1S/C28H37N3O4S/c1-28(2,3)25-17-20(24-9-8-14-29-27(24)32)15-21(26(25)35-6)16-22(18-31(4)5)19-10-12-23(13-11-19)30-36(7,33)34/h8-15,17,22,30H,16,18H2,1-7H3,(H,29,32). The summed E-state index contributed by atoms with van der Waals surface area (Å²) in [6.45, 7) is 7.19. The average molecular weight is 512 g/mol. The summed E-state index contributed by atoms with van der Waals surface area (Å²) in [4.78, 5) is 17.5. The molecule has 36 heavy (non-hydrogen) atoms. The van der Waals surface area contributed by atoms with E-state index in [0.717, 1.165) is 40.8 Å². The number of rotatable bonds is 9. The van der Waals surface area contributed by atoms with E-state index in [4.69, 9.17) is 4.74 Å². The highest BCUT2D eigenvalue weighted by molar-refractivity contribution is 7.92. The van der Waals surface area contributed by atoms with Crippen molar-refractivity contribution in [2.75, 3.05) is 38.7 Å². The van der Waals surface area contributed by atoms with Crippen molar-refractivity contribution < 1.29 is 13.2 Å². The molecule has 194 valence electrons. The molecule has 7 nitrogen and oxygen atoms in total. The highest BCUT2D eigenvalue weighted by Gasteiger charge is 2.25. The van der Waals surface area contributed by atoms with E-state index in [0.29, 0.717) is 17.7 Å². The Morgan fingerprint density at radius 2 is 1.75 bits per heavy atom. The zero-order valence-corrected chi connectivity index (χ0v) is 23.0. The molecule has 1 atom stereocenters. The maximum Gasteiger partial charge on any atom is 0.255 e. The maximum absolute atomic E-state index is 12.6. The first kappa shape index (κ1) is 27.5. The van der Waals surface area contributed by atoms with Crippen LogP contribution < -0.4 is 15.0 Å². The molecule has 8 heteroatoms. The number of nitrogens with one attached hydrogen (secondary N) is 2. The first-order valence-electron chi connectivity index (χ1n) is 11.9.